The quantitative estimate of drug-likeness (QED) is 0.789. The van der Waals surface area contributed by atoms with E-state index in [1.807, 2.05) is 0 Å². The largest absolute Gasteiger partial charge is 0.348 e. The van der Waals surface area contributed by atoms with Gasteiger partial charge in [-0.1, -0.05) is 6.92 Å². The molecule has 3 amide bonds. The number of nitrogens with one attached hydrogen (secondary N) is 2. The van der Waals surface area contributed by atoms with Gasteiger partial charge in [-0.05, 0) is 54.8 Å². The van der Waals surface area contributed by atoms with E-state index in [0.29, 0.717) is 17.0 Å². The van der Waals surface area contributed by atoms with Gasteiger partial charge in [0.05, 0.1) is 17.7 Å². The highest BCUT2D eigenvalue weighted by Gasteiger charge is 2.36. The molecule has 0 radical (unpaired) electrons. The molecule has 0 spiro atoms. The lowest BCUT2D eigenvalue weighted by Gasteiger charge is -2.30. The highest BCUT2D eigenvalue weighted by molar-refractivity contribution is 6.22. The molecule has 2 aliphatic heterocycles. The van der Waals surface area contributed by atoms with Crippen LogP contribution in [0.15, 0.2) is 42.7 Å². The summed E-state index contributed by atoms with van der Waals surface area (Å²) in [5.74, 6) is -0.553. The van der Waals surface area contributed by atoms with E-state index in [4.69, 9.17) is 0 Å². The van der Waals surface area contributed by atoms with Crippen molar-refractivity contribution in [2.75, 3.05) is 13.1 Å². The van der Waals surface area contributed by atoms with E-state index in [-0.39, 0.29) is 35.9 Å². The molecule has 0 saturated carbocycles. The monoisotopic (exact) mass is 378 g/mol. The summed E-state index contributed by atoms with van der Waals surface area (Å²) < 4.78 is 0. The van der Waals surface area contributed by atoms with Crippen molar-refractivity contribution in [1.82, 2.24) is 20.5 Å². The summed E-state index contributed by atoms with van der Waals surface area (Å²) >= 11 is 0. The normalized spacial score (nSPS) is 21.5. The van der Waals surface area contributed by atoms with Crippen LogP contribution in [-0.4, -0.2) is 46.7 Å². The van der Waals surface area contributed by atoms with Gasteiger partial charge in [0.25, 0.3) is 17.7 Å². The topological polar surface area (TPSA) is 91.4 Å². The van der Waals surface area contributed by atoms with E-state index in [2.05, 4.69) is 22.5 Å². The Labute approximate surface area is 163 Å². The standard InChI is InChI=1S/C21H22N4O3/c1-13-4-7-23-11-18(13)24-19(26)15-2-3-16-17(10-15)21(28)25(20(16)27)12-14-5-8-22-9-6-14/h2-3,5-6,8-10,13,18,23H,4,7,11-12H2,1H3,(H,24,26). The number of piperidine rings is 1. The number of pyridine rings is 1. The summed E-state index contributed by atoms with van der Waals surface area (Å²) in [5, 5.41) is 6.32. The van der Waals surface area contributed by atoms with Crippen LogP contribution in [0.2, 0.25) is 0 Å². The molecule has 1 saturated heterocycles. The van der Waals surface area contributed by atoms with E-state index in [0.717, 1.165) is 25.1 Å². The third kappa shape index (κ3) is 3.41. The number of carbonyl (C=O) groups excluding carboxylic acids is 3. The first-order valence-corrected chi connectivity index (χ1v) is 9.45. The molecule has 7 nitrogen and oxygen atoms in total. The Balaban J connectivity index is 1.52. The zero-order chi connectivity index (χ0) is 19.7. The number of nitrogens with zero attached hydrogens (tertiary/aromatic N) is 2. The number of imide groups is 1. The smallest absolute Gasteiger partial charge is 0.261 e. The Hall–Kier alpha value is -3.06. The lowest BCUT2D eigenvalue weighted by molar-refractivity contribution is 0.0642. The van der Waals surface area contributed by atoms with E-state index in [1.165, 1.54) is 11.0 Å². The number of rotatable bonds is 4. The predicted octanol–water partition coefficient (Wildman–Crippen LogP) is 1.61. The fourth-order valence-corrected chi connectivity index (χ4v) is 3.68. The molecule has 28 heavy (non-hydrogen) atoms. The minimum absolute atomic E-state index is 0.0510. The highest BCUT2D eigenvalue weighted by atomic mass is 16.2. The van der Waals surface area contributed by atoms with Crippen LogP contribution in [-0.2, 0) is 6.54 Å². The molecule has 3 heterocycles. The lowest BCUT2D eigenvalue weighted by atomic mass is 9.94. The fraction of sp³-hybridized carbons (Fsp3) is 0.333. The van der Waals surface area contributed by atoms with Crippen molar-refractivity contribution in [2.24, 2.45) is 5.92 Å². The van der Waals surface area contributed by atoms with Crippen molar-refractivity contribution in [1.29, 1.82) is 0 Å². The van der Waals surface area contributed by atoms with Crippen molar-refractivity contribution in [3.63, 3.8) is 0 Å². The van der Waals surface area contributed by atoms with Gasteiger partial charge in [0.1, 0.15) is 0 Å². The molecular weight excluding hydrogens is 356 g/mol. The maximum atomic E-state index is 12.8. The van der Waals surface area contributed by atoms with Crippen LogP contribution in [0.4, 0.5) is 0 Å². The number of carbonyl (C=O) groups is 3. The molecule has 0 bridgehead atoms. The van der Waals surface area contributed by atoms with Gasteiger partial charge in [0, 0.05) is 30.5 Å². The summed E-state index contributed by atoms with van der Waals surface area (Å²) in [4.78, 5) is 43.2. The Bertz CT molecular complexity index is 929. The van der Waals surface area contributed by atoms with Crippen LogP contribution in [0.5, 0.6) is 0 Å². The highest BCUT2D eigenvalue weighted by Crippen LogP contribution is 2.26. The van der Waals surface area contributed by atoms with Crippen molar-refractivity contribution in [3.05, 3.63) is 65.0 Å². The molecule has 144 valence electrons. The molecule has 2 aliphatic rings. The first-order valence-electron chi connectivity index (χ1n) is 9.45. The summed E-state index contributed by atoms with van der Waals surface area (Å²) in [7, 11) is 0. The first-order chi connectivity index (χ1) is 13.5. The first kappa shape index (κ1) is 18.3. The minimum Gasteiger partial charge on any atom is -0.348 e. The number of amides is 3. The molecule has 7 heteroatoms. The zero-order valence-corrected chi connectivity index (χ0v) is 15.6. The molecule has 0 aliphatic carbocycles. The molecule has 4 rings (SSSR count). The van der Waals surface area contributed by atoms with Gasteiger partial charge < -0.3 is 10.6 Å². The van der Waals surface area contributed by atoms with Gasteiger partial charge in [-0.15, -0.1) is 0 Å². The van der Waals surface area contributed by atoms with Crippen LogP contribution in [0.25, 0.3) is 0 Å². The van der Waals surface area contributed by atoms with E-state index in [9.17, 15) is 14.4 Å². The average Bonchev–Trinajstić information content (AvgIpc) is 2.95. The van der Waals surface area contributed by atoms with Gasteiger partial charge >= 0.3 is 0 Å². The number of benzene rings is 1. The van der Waals surface area contributed by atoms with E-state index in [1.54, 1.807) is 36.7 Å². The fourth-order valence-electron chi connectivity index (χ4n) is 3.68. The Morgan fingerprint density at radius 3 is 2.68 bits per heavy atom. The number of hydrogen-bond donors (Lipinski definition) is 2. The summed E-state index contributed by atoms with van der Waals surface area (Å²) in [6.45, 7) is 3.99. The zero-order valence-electron chi connectivity index (χ0n) is 15.6. The van der Waals surface area contributed by atoms with Crippen molar-refractivity contribution < 1.29 is 14.4 Å². The minimum atomic E-state index is -0.376. The number of fused-ring (bicyclic) bond motifs is 1. The van der Waals surface area contributed by atoms with Crippen LogP contribution < -0.4 is 10.6 Å². The number of aromatic nitrogens is 1. The average molecular weight is 378 g/mol. The predicted molar refractivity (Wildman–Crippen MR) is 103 cm³/mol. The molecule has 2 atom stereocenters. The summed E-state index contributed by atoms with van der Waals surface area (Å²) in [5.41, 5.74) is 1.83. The van der Waals surface area contributed by atoms with Crippen LogP contribution in [0.1, 0.15) is 50.0 Å². The van der Waals surface area contributed by atoms with Gasteiger partial charge in [-0.25, -0.2) is 0 Å². The van der Waals surface area contributed by atoms with Crippen LogP contribution in [0, 0.1) is 5.92 Å². The van der Waals surface area contributed by atoms with E-state index < -0.39 is 0 Å². The van der Waals surface area contributed by atoms with Gasteiger partial charge in [0.2, 0.25) is 0 Å². The van der Waals surface area contributed by atoms with Gasteiger partial charge in [0.15, 0.2) is 0 Å². The third-order valence-electron chi connectivity index (χ3n) is 5.47. The molecule has 1 aromatic carbocycles. The maximum Gasteiger partial charge on any atom is 0.261 e. The SMILES string of the molecule is CC1CCNCC1NC(=O)c1ccc2c(c1)C(=O)N(Cc1ccncc1)C2=O. The van der Waals surface area contributed by atoms with Gasteiger partial charge in [-0.3, -0.25) is 24.3 Å². The molecule has 2 N–H and O–H groups in total. The van der Waals surface area contributed by atoms with E-state index >= 15 is 0 Å². The molecular formula is C21H22N4O3. The number of hydrogen-bond acceptors (Lipinski definition) is 5. The lowest BCUT2D eigenvalue weighted by Crippen LogP contribution is -2.50. The van der Waals surface area contributed by atoms with Crippen molar-refractivity contribution in [3.8, 4) is 0 Å². The second-order valence-corrected chi connectivity index (χ2v) is 7.36. The Morgan fingerprint density at radius 2 is 1.93 bits per heavy atom. The van der Waals surface area contributed by atoms with Crippen molar-refractivity contribution in [2.45, 2.75) is 25.9 Å². The summed E-state index contributed by atoms with van der Waals surface area (Å²) in [6.07, 6.45) is 4.25. The Kier molecular flexibility index (Phi) is 4.92. The second-order valence-electron chi connectivity index (χ2n) is 7.36. The Morgan fingerprint density at radius 1 is 1.18 bits per heavy atom. The third-order valence-corrected chi connectivity index (χ3v) is 5.47. The molecule has 2 unspecified atom stereocenters. The second kappa shape index (κ2) is 7.52. The molecule has 1 aromatic heterocycles. The molecule has 2 aromatic rings. The molecule has 1 fully saturated rings. The van der Waals surface area contributed by atoms with Gasteiger partial charge in [-0.2, -0.15) is 0 Å². The van der Waals surface area contributed by atoms with Crippen LogP contribution >= 0.6 is 0 Å². The summed E-state index contributed by atoms with van der Waals surface area (Å²) in [6, 6.07) is 8.28. The van der Waals surface area contributed by atoms with Crippen molar-refractivity contribution >= 4 is 17.7 Å². The maximum absolute atomic E-state index is 12.8. The van der Waals surface area contributed by atoms with Crippen LogP contribution in [0.3, 0.4) is 0 Å².